The van der Waals surface area contributed by atoms with E-state index in [1.165, 1.54) is 0 Å². The molecule has 1 rings (SSSR count). The van der Waals surface area contributed by atoms with Crippen LogP contribution in [0.5, 0.6) is 0 Å². The minimum absolute atomic E-state index is 0. The van der Waals surface area contributed by atoms with Crippen molar-refractivity contribution in [3.05, 3.63) is 22.9 Å². The van der Waals surface area contributed by atoms with Crippen LogP contribution in [0.2, 0.25) is 0 Å². The second-order valence-corrected chi connectivity index (χ2v) is 1.47. The third kappa shape index (κ3) is 4.81. The summed E-state index contributed by atoms with van der Waals surface area (Å²) >= 11 is 1.59. The van der Waals surface area contributed by atoms with Gasteiger partial charge in [-0.3, -0.25) is 0 Å². The molecule has 0 aliphatic rings. The summed E-state index contributed by atoms with van der Waals surface area (Å²) in [5.74, 6) is 0. The van der Waals surface area contributed by atoms with Crippen LogP contribution >= 0.6 is 11.3 Å². The molecule has 0 spiro atoms. The predicted molar refractivity (Wildman–Crippen MR) is 28.9 cm³/mol. The zero-order chi connectivity index (χ0) is 3.54. The summed E-state index contributed by atoms with van der Waals surface area (Å²) in [5, 5.41) is 4.89. The zero-order valence-electron chi connectivity index (χ0n) is 3.73. The molecule has 0 atom stereocenters. The molecule has 0 amide bonds. The number of rotatable bonds is 0. The molecule has 34 valence electrons. The predicted octanol–water partition coefficient (Wildman–Crippen LogP) is -1.83. The third-order valence-corrected chi connectivity index (χ3v) is 0.944. The second-order valence-electron chi connectivity index (χ2n) is 0.731. The fraction of sp³-hybridized carbons (Fsp3) is 0. The van der Waals surface area contributed by atoms with Crippen molar-refractivity contribution >= 4 is 34.4 Å². The molecule has 3 heteroatoms. The van der Waals surface area contributed by atoms with Gasteiger partial charge < -0.3 is 28.3 Å². The molecular weight excluding hydrogens is 184 g/mol. The Hall–Kier alpha value is 0.946. The molecule has 0 aromatic carbocycles. The molecule has 0 saturated carbocycles. The van der Waals surface area contributed by atoms with Crippen molar-refractivity contribution in [2.24, 2.45) is 0 Å². The number of hydrogen-bond acceptors (Lipinski definition) is 1. The molecule has 0 fully saturated rings. The monoisotopic (exact) mass is 186 g/mol. The Labute approximate surface area is 73.9 Å². The molecule has 0 nitrogen and oxygen atoms in total. The Bertz CT molecular complexity index is 68.2. The first-order valence-corrected chi connectivity index (χ1v) is 2.27. The van der Waals surface area contributed by atoms with E-state index in [2.05, 4.69) is 5.38 Å². The van der Waals surface area contributed by atoms with Crippen molar-refractivity contribution in [3.63, 3.8) is 0 Å². The summed E-state index contributed by atoms with van der Waals surface area (Å²) in [4.78, 5) is 0. The molecule has 7 heavy (non-hydrogen) atoms. The Balaban J connectivity index is 0. The Kier molecular flexibility index (Phi) is 10.8. The van der Waals surface area contributed by atoms with Crippen LogP contribution in [0.25, 0.3) is 0 Å². The van der Waals surface area contributed by atoms with Crippen LogP contribution in [0.1, 0.15) is 0 Å². The van der Waals surface area contributed by atoms with Crippen molar-refractivity contribution in [2.75, 3.05) is 0 Å². The number of thiophene rings is 1. The van der Waals surface area contributed by atoms with E-state index in [0.717, 1.165) is 0 Å². The van der Waals surface area contributed by atoms with Gasteiger partial charge in [-0.25, -0.2) is 6.07 Å². The standard InChI is InChI=1S/C4H3S.BrH.Mg/c1-2-4-5-3-1;;/h1-3H;1H;/q-1;;+2/p-1. The van der Waals surface area contributed by atoms with Gasteiger partial charge in [0.25, 0.3) is 0 Å². The average molecular weight is 187 g/mol. The van der Waals surface area contributed by atoms with E-state index >= 15 is 0 Å². The molecule has 0 saturated heterocycles. The van der Waals surface area contributed by atoms with Crippen molar-refractivity contribution in [1.82, 2.24) is 0 Å². The molecule has 0 N–H and O–H groups in total. The van der Waals surface area contributed by atoms with Gasteiger partial charge in [0.2, 0.25) is 0 Å². The van der Waals surface area contributed by atoms with Gasteiger partial charge in [-0.05, 0) is 0 Å². The van der Waals surface area contributed by atoms with Gasteiger partial charge in [-0.1, -0.05) is 0 Å². The van der Waals surface area contributed by atoms with Gasteiger partial charge in [0.05, 0.1) is 0 Å². The molecule has 1 aromatic rings. The summed E-state index contributed by atoms with van der Waals surface area (Å²) in [6, 6.07) is 3.86. The summed E-state index contributed by atoms with van der Waals surface area (Å²) < 4.78 is 0. The van der Waals surface area contributed by atoms with E-state index in [1.54, 1.807) is 11.3 Å². The minimum Gasteiger partial charge on any atom is -1.00 e. The van der Waals surface area contributed by atoms with Crippen LogP contribution in [0, 0.1) is 5.38 Å². The fourth-order valence-corrected chi connectivity index (χ4v) is 0.589. The number of halogens is 1. The first-order valence-electron chi connectivity index (χ1n) is 1.40. The first kappa shape index (κ1) is 10.8. The average Bonchev–Trinajstić information content (AvgIpc) is 1.76. The van der Waals surface area contributed by atoms with Crippen molar-refractivity contribution < 1.29 is 17.0 Å². The maximum Gasteiger partial charge on any atom is 2.00 e. The molecule has 0 aliphatic carbocycles. The van der Waals surface area contributed by atoms with Gasteiger partial charge in [0.15, 0.2) is 0 Å². The van der Waals surface area contributed by atoms with Crippen molar-refractivity contribution in [1.29, 1.82) is 0 Å². The SMILES string of the molecule is [Br-].[Mg+2].[c-]1cccs1. The van der Waals surface area contributed by atoms with E-state index in [9.17, 15) is 0 Å². The Morgan fingerprint density at radius 3 is 2.29 bits per heavy atom. The largest absolute Gasteiger partial charge is 2.00 e. The molecule has 1 heterocycles. The molecule has 1 aromatic heterocycles. The molecular formula is C4H3BrMgS. The van der Waals surface area contributed by atoms with Gasteiger partial charge >= 0.3 is 23.1 Å². The molecule has 0 aliphatic heterocycles. The van der Waals surface area contributed by atoms with Crippen LogP contribution in [0.15, 0.2) is 17.5 Å². The second kappa shape index (κ2) is 6.95. The normalized spacial score (nSPS) is 5.71. The summed E-state index contributed by atoms with van der Waals surface area (Å²) in [6.07, 6.45) is 0. The van der Waals surface area contributed by atoms with E-state index in [4.69, 9.17) is 0 Å². The smallest absolute Gasteiger partial charge is 1.00 e. The molecule has 0 unspecified atom stereocenters. The van der Waals surface area contributed by atoms with E-state index in [-0.39, 0.29) is 40.0 Å². The van der Waals surface area contributed by atoms with Crippen LogP contribution in [0.3, 0.4) is 0 Å². The van der Waals surface area contributed by atoms with Crippen LogP contribution < -0.4 is 17.0 Å². The van der Waals surface area contributed by atoms with Crippen LogP contribution in [-0.2, 0) is 0 Å². The Morgan fingerprint density at radius 1 is 1.43 bits per heavy atom. The maximum absolute atomic E-state index is 2.90. The fourth-order valence-electron chi connectivity index (χ4n) is 0.196. The number of hydrogen-bond donors (Lipinski definition) is 0. The van der Waals surface area contributed by atoms with E-state index in [1.807, 2.05) is 17.5 Å². The maximum atomic E-state index is 2.90. The third-order valence-electron chi connectivity index (χ3n) is 0.379. The van der Waals surface area contributed by atoms with Crippen LogP contribution in [0.4, 0.5) is 0 Å². The van der Waals surface area contributed by atoms with Crippen molar-refractivity contribution in [2.45, 2.75) is 0 Å². The van der Waals surface area contributed by atoms with Gasteiger partial charge in [0.1, 0.15) is 0 Å². The van der Waals surface area contributed by atoms with Crippen LogP contribution in [-0.4, -0.2) is 23.1 Å². The minimum atomic E-state index is 0. The Morgan fingerprint density at radius 2 is 2.14 bits per heavy atom. The topological polar surface area (TPSA) is 0 Å². The van der Waals surface area contributed by atoms with Gasteiger partial charge in [0, 0.05) is 0 Å². The molecule has 0 radical (unpaired) electrons. The summed E-state index contributed by atoms with van der Waals surface area (Å²) in [6.45, 7) is 0. The van der Waals surface area contributed by atoms with Gasteiger partial charge in [-0.15, -0.1) is 5.38 Å². The van der Waals surface area contributed by atoms with E-state index in [0.29, 0.717) is 0 Å². The first-order chi connectivity index (χ1) is 2.50. The quantitative estimate of drug-likeness (QED) is 0.331. The molecule has 0 bridgehead atoms. The van der Waals surface area contributed by atoms with E-state index < -0.39 is 0 Å². The van der Waals surface area contributed by atoms with Gasteiger partial charge in [-0.2, -0.15) is 11.4 Å². The summed E-state index contributed by atoms with van der Waals surface area (Å²) in [7, 11) is 0. The van der Waals surface area contributed by atoms with Crippen molar-refractivity contribution in [3.8, 4) is 0 Å². The summed E-state index contributed by atoms with van der Waals surface area (Å²) in [5.41, 5.74) is 0. The zero-order valence-corrected chi connectivity index (χ0v) is 7.54.